The summed E-state index contributed by atoms with van der Waals surface area (Å²) in [5.41, 5.74) is 0.0736. The summed E-state index contributed by atoms with van der Waals surface area (Å²) in [5, 5.41) is 3.45. The smallest absolute Gasteiger partial charge is 0.453 e. The second kappa shape index (κ2) is 7.44. The average molecular weight is 469 g/mol. The van der Waals surface area contributed by atoms with E-state index in [9.17, 15) is 21.6 Å². The van der Waals surface area contributed by atoms with Crippen LogP contribution in [0.2, 0.25) is 10.0 Å². The first-order chi connectivity index (χ1) is 13.4. The van der Waals surface area contributed by atoms with Gasteiger partial charge in [-0.3, -0.25) is 4.55 Å². The summed E-state index contributed by atoms with van der Waals surface area (Å²) < 4.78 is 76.5. The molecule has 1 N–H and O–H groups in total. The molecule has 8 nitrogen and oxygen atoms in total. The Bertz CT molecular complexity index is 1160. The lowest BCUT2D eigenvalue weighted by atomic mass is 10.2. The van der Waals surface area contributed by atoms with E-state index in [1.165, 1.54) is 19.2 Å². The van der Waals surface area contributed by atoms with Crippen molar-refractivity contribution in [2.24, 2.45) is 0 Å². The van der Waals surface area contributed by atoms with Crippen molar-refractivity contribution in [2.45, 2.75) is 11.1 Å². The molecular weight excluding hydrogens is 460 g/mol. The fourth-order valence-electron chi connectivity index (χ4n) is 2.31. The number of hydrogen-bond donors (Lipinski definition) is 1. The van der Waals surface area contributed by atoms with Gasteiger partial charge in [-0.2, -0.15) is 26.3 Å². The highest BCUT2D eigenvalue weighted by atomic mass is 35.5. The van der Waals surface area contributed by atoms with Crippen molar-refractivity contribution in [3.05, 3.63) is 46.3 Å². The van der Waals surface area contributed by atoms with Crippen molar-refractivity contribution in [1.82, 2.24) is 19.7 Å². The number of ether oxygens (including phenoxy) is 1. The van der Waals surface area contributed by atoms with E-state index in [2.05, 4.69) is 15.1 Å². The van der Waals surface area contributed by atoms with Gasteiger partial charge in [0.25, 0.3) is 15.9 Å². The molecule has 2 aromatic heterocycles. The number of benzene rings is 1. The third-order valence-electron chi connectivity index (χ3n) is 3.56. The van der Waals surface area contributed by atoms with Crippen LogP contribution < -0.4 is 4.74 Å². The number of methoxy groups -OCH3 is 1. The van der Waals surface area contributed by atoms with Crippen molar-refractivity contribution in [2.75, 3.05) is 7.11 Å². The lowest BCUT2D eigenvalue weighted by molar-refractivity contribution is -0.144. The third kappa shape index (κ3) is 4.29. The molecule has 1 aromatic carbocycles. The zero-order chi connectivity index (χ0) is 21.6. The van der Waals surface area contributed by atoms with E-state index in [-0.39, 0.29) is 33.0 Å². The van der Waals surface area contributed by atoms with E-state index in [1.54, 1.807) is 0 Å². The molecule has 154 valence electrons. The van der Waals surface area contributed by atoms with Crippen LogP contribution in [-0.2, 0) is 16.3 Å². The van der Waals surface area contributed by atoms with Crippen molar-refractivity contribution in [3.8, 4) is 23.0 Å². The van der Waals surface area contributed by atoms with Crippen molar-refractivity contribution in [1.29, 1.82) is 0 Å². The van der Waals surface area contributed by atoms with Crippen LogP contribution >= 0.6 is 23.2 Å². The van der Waals surface area contributed by atoms with E-state index in [1.807, 2.05) is 0 Å². The molecule has 0 radical (unpaired) electrons. The van der Waals surface area contributed by atoms with Crippen molar-refractivity contribution in [3.63, 3.8) is 0 Å². The molecule has 0 unspecified atom stereocenters. The van der Waals surface area contributed by atoms with Gasteiger partial charge in [0.2, 0.25) is 0 Å². The molecule has 0 aliphatic carbocycles. The highest BCUT2D eigenvalue weighted by Gasteiger charge is 2.37. The molecule has 0 bridgehead atoms. The van der Waals surface area contributed by atoms with Gasteiger partial charge in [-0.1, -0.05) is 23.2 Å². The van der Waals surface area contributed by atoms with Crippen LogP contribution in [0, 0.1) is 0 Å². The number of pyridine rings is 1. The van der Waals surface area contributed by atoms with Gasteiger partial charge in [0.05, 0.1) is 23.4 Å². The van der Waals surface area contributed by atoms with E-state index < -0.39 is 27.0 Å². The highest BCUT2D eigenvalue weighted by Crippen LogP contribution is 2.38. The minimum atomic E-state index is -4.87. The maximum Gasteiger partial charge on any atom is 0.453 e. The molecular formula is C15H9Cl2F3N4O4S. The van der Waals surface area contributed by atoms with E-state index in [0.717, 1.165) is 23.0 Å². The van der Waals surface area contributed by atoms with Crippen LogP contribution in [0.3, 0.4) is 0 Å². The molecule has 0 saturated heterocycles. The number of nitrogens with zero attached hydrogens (tertiary/aromatic N) is 4. The van der Waals surface area contributed by atoms with Gasteiger partial charge in [-0.15, -0.1) is 5.10 Å². The van der Waals surface area contributed by atoms with Crippen molar-refractivity contribution < 1.29 is 30.9 Å². The van der Waals surface area contributed by atoms with Crippen LogP contribution in [0.5, 0.6) is 5.75 Å². The Hall–Kier alpha value is -2.41. The molecule has 29 heavy (non-hydrogen) atoms. The third-order valence-corrected chi connectivity index (χ3v) is 4.96. The molecule has 3 rings (SSSR count). The van der Waals surface area contributed by atoms with Crippen LogP contribution in [0.25, 0.3) is 17.2 Å². The second-order valence-corrected chi connectivity index (χ2v) is 7.70. The normalized spacial score (nSPS) is 12.2. The zero-order valence-corrected chi connectivity index (χ0v) is 16.5. The summed E-state index contributed by atoms with van der Waals surface area (Å²) in [6.07, 6.45) is -4.11. The number of halogens is 5. The number of hydrogen-bond acceptors (Lipinski definition) is 6. The summed E-state index contributed by atoms with van der Waals surface area (Å²) in [5.74, 6) is -1.85. The van der Waals surface area contributed by atoms with Gasteiger partial charge in [-0.05, 0) is 24.3 Å². The Balaban J connectivity index is 2.22. The standard InChI is InChI=1S/C15H9Cl2F3N4O4S/c1-28-12-9(16)4-7(5-10(12)17)13-22-14(15(18,19)20)23-24(13)11-3-2-8(6-21-11)29(25,26)27/h2-6H,1H3,(H,25,26,27). The molecule has 0 amide bonds. The molecule has 0 atom stereocenters. The van der Waals surface area contributed by atoms with Crippen molar-refractivity contribution >= 4 is 33.3 Å². The SMILES string of the molecule is COc1c(Cl)cc(-c2nc(C(F)(F)F)nn2-c2ccc(S(=O)(=O)O)cn2)cc1Cl. The maximum absolute atomic E-state index is 13.2. The average Bonchev–Trinajstić information content (AvgIpc) is 3.06. The van der Waals surface area contributed by atoms with E-state index in [0.29, 0.717) is 0 Å². The summed E-state index contributed by atoms with van der Waals surface area (Å²) in [7, 11) is -3.22. The largest absolute Gasteiger partial charge is 0.494 e. The number of rotatable bonds is 4. The molecule has 2 heterocycles. The van der Waals surface area contributed by atoms with Crippen LogP contribution in [0.15, 0.2) is 35.4 Å². The van der Waals surface area contributed by atoms with Gasteiger partial charge in [0.1, 0.15) is 4.90 Å². The Labute approximate surface area is 171 Å². The summed E-state index contributed by atoms with van der Waals surface area (Å²) in [6, 6.07) is 4.55. The minimum absolute atomic E-state index is 0.0211. The first-order valence-corrected chi connectivity index (χ1v) is 9.63. The molecule has 3 aromatic rings. The number of aromatic nitrogens is 4. The van der Waals surface area contributed by atoms with Gasteiger partial charge < -0.3 is 4.74 Å². The summed E-state index contributed by atoms with van der Waals surface area (Å²) in [4.78, 5) is 6.69. The predicted octanol–water partition coefficient (Wildman–Crippen LogP) is 3.91. The lowest BCUT2D eigenvalue weighted by Gasteiger charge is -2.09. The molecule has 0 spiro atoms. The second-order valence-electron chi connectivity index (χ2n) is 5.47. The molecule has 0 fully saturated rings. The van der Waals surface area contributed by atoms with Crippen LogP contribution in [0.4, 0.5) is 13.2 Å². The van der Waals surface area contributed by atoms with Gasteiger partial charge >= 0.3 is 6.18 Å². The number of alkyl halides is 3. The monoisotopic (exact) mass is 468 g/mol. The molecule has 0 aliphatic rings. The van der Waals surface area contributed by atoms with Gasteiger partial charge in [0, 0.05) is 5.56 Å². The first kappa shape index (κ1) is 21.3. The Morgan fingerprint density at radius 1 is 1.17 bits per heavy atom. The minimum Gasteiger partial charge on any atom is -0.494 e. The Morgan fingerprint density at radius 3 is 2.24 bits per heavy atom. The fraction of sp³-hybridized carbons (Fsp3) is 0.133. The fourth-order valence-corrected chi connectivity index (χ4v) is 3.38. The van der Waals surface area contributed by atoms with Crippen LogP contribution in [-0.4, -0.2) is 39.8 Å². The summed E-state index contributed by atoms with van der Waals surface area (Å²) >= 11 is 12.1. The Morgan fingerprint density at radius 2 is 1.79 bits per heavy atom. The lowest BCUT2D eigenvalue weighted by Crippen LogP contribution is -2.09. The molecule has 0 aliphatic heterocycles. The predicted molar refractivity (Wildman–Crippen MR) is 96.0 cm³/mol. The molecule has 14 heteroatoms. The highest BCUT2D eigenvalue weighted by molar-refractivity contribution is 7.85. The zero-order valence-electron chi connectivity index (χ0n) is 14.1. The first-order valence-electron chi connectivity index (χ1n) is 7.43. The van der Waals surface area contributed by atoms with E-state index in [4.69, 9.17) is 32.5 Å². The van der Waals surface area contributed by atoms with E-state index >= 15 is 0 Å². The maximum atomic E-state index is 13.2. The van der Waals surface area contributed by atoms with Crippen LogP contribution in [0.1, 0.15) is 5.82 Å². The topological polar surface area (TPSA) is 107 Å². The summed E-state index contributed by atoms with van der Waals surface area (Å²) in [6.45, 7) is 0. The van der Waals surface area contributed by atoms with Gasteiger partial charge in [0.15, 0.2) is 17.4 Å². The quantitative estimate of drug-likeness (QED) is 0.578. The molecule has 0 saturated carbocycles. The van der Waals surface area contributed by atoms with Gasteiger partial charge in [-0.25, -0.2) is 9.97 Å². The Kier molecular flexibility index (Phi) is 5.47.